The predicted octanol–water partition coefficient (Wildman–Crippen LogP) is 4.49. The number of amides is 1. The lowest BCUT2D eigenvalue weighted by atomic mass is 10.0. The molecule has 0 spiro atoms. The first-order chi connectivity index (χ1) is 21.0. The topological polar surface area (TPSA) is 69.4 Å². The minimum atomic E-state index is -0.223. The summed E-state index contributed by atoms with van der Waals surface area (Å²) >= 11 is 0. The summed E-state index contributed by atoms with van der Waals surface area (Å²) in [5.41, 5.74) is 4.66. The molecule has 4 heterocycles. The molecule has 3 aliphatic rings. The van der Waals surface area contributed by atoms with Gasteiger partial charge in [-0.1, -0.05) is 43.0 Å². The van der Waals surface area contributed by atoms with Crippen LogP contribution in [-0.2, 0) is 17.8 Å². The van der Waals surface area contributed by atoms with E-state index in [4.69, 9.17) is 21.3 Å². The number of aromatic nitrogens is 2. The first kappa shape index (κ1) is 28.9. The normalized spacial score (nSPS) is 20.9. The third-order valence-corrected chi connectivity index (χ3v) is 9.28. The highest BCUT2D eigenvalue weighted by atomic mass is 16.5. The van der Waals surface area contributed by atoms with Crippen LogP contribution in [-0.4, -0.2) is 90.7 Å². The van der Waals surface area contributed by atoms with E-state index >= 15 is 0 Å². The first-order valence-corrected chi connectivity index (χ1v) is 15.4. The molecule has 43 heavy (non-hydrogen) atoms. The van der Waals surface area contributed by atoms with Crippen molar-refractivity contribution >= 4 is 28.2 Å². The zero-order valence-electron chi connectivity index (χ0n) is 25.3. The van der Waals surface area contributed by atoms with Crippen LogP contribution in [0.4, 0.5) is 11.5 Å². The molecule has 0 N–H and O–H groups in total. The smallest absolute Gasteiger partial charge is 0.318 e. The number of likely N-dealkylation sites (N-methyl/N-ethyl adjacent to an activating group) is 1. The minimum Gasteiger partial charge on any atom is -0.462 e. The van der Waals surface area contributed by atoms with Gasteiger partial charge in [-0.15, -0.1) is 0 Å². The number of fused-ring (bicyclic) bond motifs is 2. The van der Waals surface area contributed by atoms with E-state index in [0.717, 1.165) is 49.4 Å². The van der Waals surface area contributed by atoms with Crippen LogP contribution >= 0.6 is 0 Å². The molecule has 9 nitrogen and oxygen atoms in total. The zero-order valence-corrected chi connectivity index (χ0v) is 25.3. The highest BCUT2D eigenvalue weighted by molar-refractivity contribution is 5.96. The Balaban J connectivity index is 1.37. The van der Waals surface area contributed by atoms with Gasteiger partial charge in [-0.2, -0.15) is 9.97 Å². The van der Waals surface area contributed by atoms with E-state index in [0.29, 0.717) is 44.8 Å². The molecule has 9 heteroatoms. The number of nitrogens with zero attached hydrogens (tertiary/aromatic N) is 7. The Hall–Kier alpha value is -4.16. The van der Waals surface area contributed by atoms with Crippen LogP contribution in [0.3, 0.4) is 0 Å². The Morgan fingerprint density at radius 2 is 1.95 bits per heavy atom. The van der Waals surface area contributed by atoms with Crippen molar-refractivity contribution < 1.29 is 9.53 Å². The summed E-state index contributed by atoms with van der Waals surface area (Å²) in [6.07, 6.45) is 5.46. The molecule has 0 radical (unpaired) electrons. The van der Waals surface area contributed by atoms with Gasteiger partial charge >= 0.3 is 6.01 Å². The average Bonchev–Trinajstić information content (AvgIpc) is 3.31. The minimum absolute atomic E-state index is 0.124. The second-order valence-corrected chi connectivity index (χ2v) is 12.0. The maximum absolute atomic E-state index is 12.6. The molecule has 0 bridgehead atoms. The zero-order chi connectivity index (χ0) is 29.9. The molecule has 2 saturated heterocycles. The van der Waals surface area contributed by atoms with Gasteiger partial charge in [0.1, 0.15) is 18.5 Å². The summed E-state index contributed by atoms with van der Waals surface area (Å²) in [4.78, 5) is 35.2. The number of rotatable bonds is 7. The van der Waals surface area contributed by atoms with Crippen LogP contribution in [0.1, 0.15) is 36.1 Å². The maximum atomic E-state index is 12.6. The molecule has 3 aromatic rings. The number of hydrogen-bond acceptors (Lipinski definition) is 7. The van der Waals surface area contributed by atoms with Crippen molar-refractivity contribution in [2.75, 3.05) is 62.7 Å². The van der Waals surface area contributed by atoms with Crippen molar-refractivity contribution in [2.45, 2.75) is 51.2 Å². The summed E-state index contributed by atoms with van der Waals surface area (Å²) in [7, 11) is 2.15. The fourth-order valence-corrected chi connectivity index (χ4v) is 6.97. The molecule has 6 rings (SSSR count). The van der Waals surface area contributed by atoms with Crippen molar-refractivity contribution in [3.63, 3.8) is 0 Å². The summed E-state index contributed by atoms with van der Waals surface area (Å²) in [6.45, 7) is 18.6. The van der Waals surface area contributed by atoms with Gasteiger partial charge in [0.2, 0.25) is 12.5 Å². The highest BCUT2D eigenvalue weighted by Crippen LogP contribution is 2.36. The summed E-state index contributed by atoms with van der Waals surface area (Å²) in [6, 6.07) is 13.5. The number of carbonyl (C=O) groups excluding carboxylic acids is 1. The van der Waals surface area contributed by atoms with Crippen LogP contribution < -0.4 is 14.5 Å². The Labute approximate surface area is 254 Å². The van der Waals surface area contributed by atoms with Crippen LogP contribution in [0.25, 0.3) is 15.6 Å². The number of ether oxygens (including phenoxy) is 1. The second kappa shape index (κ2) is 12.6. The molecule has 3 aliphatic heterocycles. The van der Waals surface area contributed by atoms with Gasteiger partial charge in [-0.3, -0.25) is 4.79 Å². The third kappa shape index (κ3) is 5.89. The Morgan fingerprint density at radius 1 is 1.09 bits per heavy atom. The number of carbonyl (C=O) groups is 1. The number of anilines is 2. The monoisotopic (exact) mass is 579 g/mol. The molecule has 224 valence electrons. The van der Waals surface area contributed by atoms with Gasteiger partial charge < -0.3 is 29.2 Å². The Kier molecular flexibility index (Phi) is 8.48. The molecule has 2 atom stereocenters. The molecular formula is C34H41N7O2. The second-order valence-electron chi connectivity index (χ2n) is 12.0. The van der Waals surface area contributed by atoms with E-state index < -0.39 is 0 Å². The number of aryl methyl sites for hydroxylation is 1. The average molecular weight is 580 g/mol. The van der Waals surface area contributed by atoms with Crippen molar-refractivity contribution in [1.29, 1.82) is 0 Å². The van der Waals surface area contributed by atoms with E-state index in [1.54, 1.807) is 4.90 Å². The van der Waals surface area contributed by atoms with E-state index in [2.05, 4.69) is 76.5 Å². The van der Waals surface area contributed by atoms with Crippen molar-refractivity contribution in [1.82, 2.24) is 19.8 Å². The van der Waals surface area contributed by atoms with Gasteiger partial charge in [0.25, 0.3) is 0 Å². The molecule has 2 fully saturated rings. The number of hydrogen-bond donors (Lipinski definition) is 0. The lowest BCUT2D eigenvalue weighted by Crippen LogP contribution is -2.56. The van der Waals surface area contributed by atoms with Crippen LogP contribution in [0.15, 0.2) is 49.1 Å². The van der Waals surface area contributed by atoms with E-state index in [1.807, 2.05) is 0 Å². The van der Waals surface area contributed by atoms with Crippen molar-refractivity contribution in [2.24, 2.45) is 0 Å². The molecule has 0 saturated carbocycles. The molecule has 1 aromatic heterocycles. The van der Waals surface area contributed by atoms with Crippen LogP contribution in [0, 0.1) is 13.5 Å². The predicted molar refractivity (Wildman–Crippen MR) is 171 cm³/mol. The fourth-order valence-electron chi connectivity index (χ4n) is 6.97. The largest absolute Gasteiger partial charge is 0.462 e. The van der Waals surface area contributed by atoms with E-state index in [-0.39, 0.29) is 18.5 Å². The molecule has 0 unspecified atom stereocenters. The van der Waals surface area contributed by atoms with Crippen LogP contribution in [0.5, 0.6) is 6.01 Å². The highest BCUT2D eigenvalue weighted by Gasteiger charge is 2.34. The SMILES string of the molecule is [C-]#[N+]C[C@H]1CN(c2nc(OC[C@@H]3CCCN3C)nc3c2CCCN(c2c(C)ccc4ccccc24)C3)CCN1C(=O)C=C. The van der Waals surface area contributed by atoms with Crippen molar-refractivity contribution in [3.8, 4) is 6.01 Å². The van der Waals surface area contributed by atoms with Crippen LogP contribution in [0.2, 0.25) is 0 Å². The van der Waals surface area contributed by atoms with Gasteiger partial charge in [-0.25, -0.2) is 6.57 Å². The summed E-state index contributed by atoms with van der Waals surface area (Å²) in [5, 5.41) is 2.49. The van der Waals surface area contributed by atoms with E-state index in [9.17, 15) is 4.79 Å². The quantitative estimate of drug-likeness (QED) is 0.302. The van der Waals surface area contributed by atoms with Gasteiger partial charge in [0.05, 0.1) is 12.2 Å². The first-order valence-electron chi connectivity index (χ1n) is 15.4. The fraction of sp³-hybridized carbons (Fsp3) is 0.471. The molecular weight excluding hydrogens is 538 g/mol. The third-order valence-electron chi connectivity index (χ3n) is 9.28. The number of piperazine rings is 1. The number of benzene rings is 2. The Bertz CT molecular complexity index is 1550. The summed E-state index contributed by atoms with van der Waals surface area (Å²) in [5.74, 6) is 0.762. The lowest BCUT2D eigenvalue weighted by molar-refractivity contribution is -0.128. The number of likely N-dealkylation sites (tertiary alicyclic amines) is 1. The molecule has 1 amide bonds. The molecule has 0 aliphatic carbocycles. The standard InChI is InChI=1S/C34H41N7O2/c1-5-31(42)41-19-18-40(21-27(41)20-35-3)33-29-13-9-17-39(32-24(2)14-15-25-10-6-7-12-28(25)32)22-30(29)36-34(37-33)43-23-26-11-8-16-38(26)4/h5-7,10,12,14-15,26-27H,1,8-9,11,13,16-23H2,2,4H3/t26-,27-/m0/s1. The summed E-state index contributed by atoms with van der Waals surface area (Å²) < 4.78 is 6.35. The lowest BCUT2D eigenvalue weighted by Gasteiger charge is -2.40. The molecule has 2 aromatic carbocycles. The van der Waals surface area contributed by atoms with Gasteiger partial charge in [-0.05, 0) is 63.2 Å². The maximum Gasteiger partial charge on any atom is 0.318 e. The van der Waals surface area contributed by atoms with E-state index in [1.165, 1.54) is 34.5 Å². The Morgan fingerprint density at radius 3 is 2.74 bits per heavy atom. The van der Waals surface area contributed by atoms with Gasteiger partial charge in [0.15, 0.2) is 0 Å². The van der Waals surface area contributed by atoms with Crippen molar-refractivity contribution in [3.05, 3.63) is 77.3 Å². The van der Waals surface area contributed by atoms with Gasteiger partial charge in [0, 0.05) is 48.9 Å².